The number of benzene rings is 1. The van der Waals surface area contributed by atoms with Crippen LogP contribution in [0.1, 0.15) is 6.92 Å². The highest BCUT2D eigenvalue weighted by Gasteiger charge is 2.05. The summed E-state index contributed by atoms with van der Waals surface area (Å²) in [5.41, 5.74) is 6.43. The molecule has 0 aromatic heterocycles. The van der Waals surface area contributed by atoms with Gasteiger partial charge < -0.3 is 25.8 Å². The summed E-state index contributed by atoms with van der Waals surface area (Å²) in [5.74, 6) is 1.45. The molecule has 4 N–H and O–H groups in total. The molecule has 1 aromatic rings. The summed E-state index contributed by atoms with van der Waals surface area (Å²) in [4.78, 5) is 14.8. The van der Waals surface area contributed by atoms with E-state index in [9.17, 15) is 4.79 Å². The number of hydrogen-bond acceptors (Lipinski definition) is 4. The SMILES string of the molecule is COc1ccc(OC)c(NC(N)=NCCNC(C)=O)c1. The fourth-order valence-corrected chi connectivity index (χ4v) is 1.50. The maximum atomic E-state index is 10.7. The highest BCUT2D eigenvalue weighted by Crippen LogP contribution is 2.28. The van der Waals surface area contributed by atoms with E-state index in [0.717, 1.165) is 0 Å². The number of aliphatic imine (C=N–C) groups is 1. The minimum absolute atomic E-state index is 0.0961. The van der Waals surface area contributed by atoms with E-state index < -0.39 is 0 Å². The van der Waals surface area contributed by atoms with E-state index in [-0.39, 0.29) is 11.9 Å². The molecule has 1 aromatic carbocycles. The minimum atomic E-state index is -0.0961. The lowest BCUT2D eigenvalue weighted by atomic mass is 10.2. The number of nitrogens with zero attached hydrogens (tertiary/aromatic N) is 1. The molecule has 0 radical (unpaired) electrons. The number of ether oxygens (including phenoxy) is 2. The van der Waals surface area contributed by atoms with Gasteiger partial charge in [-0.2, -0.15) is 0 Å². The second-order valence-corrected chi connectivity index (χ2v) is 3.94. The maximum absolute atomic E-state index is 10.7. The van der Waals surface area contributed by atoms with Gasteiger partial charge in [-0.1, -0.05) is 0 Å². The van der Waals surface area contributed by atoms with E-state index in [2.05, 4.69) is 15.6 Å². The smallest absolute Gasteiger partial charge is 0.216 e. The van der Waals surface area contributed by atoms with Crippen molar-refractivity contribution in [3.05, 3.63) is 18.2 Å². The number of rotatable bonds is 6. The highest BCUT2D eigenvalue weighted by molar-refractivity contribution is 5.94. The molecule has 0 fully saturated rings. The van der Waals surface area contributed by atoms with E-state index in [1.807, 2.05) is 0 Å². The quantitative estimate of drug-likeness (QED) is 0.402. The van der Waals surface area contributed by atoms with Crippen molar-refractivity contribution < 1.29 is 14.3 Å². The van der Waals surface area contributed by atoms with Gasteiger partial charge in [0.15, 0.2) is 5.96 Å². The van der Waals surface area contributed by atoms with Crippen LogP contribution >= 0.6 is 0 Å². The Morgan fingerprint density at radius 1 is 1.35 bits per heavy atom. The summed E-state index contributed by atoms with van der Waals surface area (Å²) >= 11 is 0. The summed E-state index contributed by atoms with van der Waals surface area (Å²) in [6.45, 7) is 2.28. The first-order valence-corrected chi connectivity index (χ1v) is 6.10. The van der Waals surface area contributed by atoms with Crippen LogP contribution in [0.4, 0.5) is 5.69 Å². The van der Waals surface area contributed by atoms with Crippen molar-refractivity contribution in [1.82, 2.24) is 5.32 Å². The third-order valence-electron chi connectivity index (χ3n) is 2.44. The molecule has 0 saturated heterocycles. The van der Waals surface area contributed by atoms with Crippen LogP contribution in [0.15, 0.2) is 23.2 Å². The van der Waals surface area contributed by atoms with Crippen LogP contribution < -0.4 is 25.8 Å². The first kappa shape index (κ1) is 15.6. The second kappa shape index (κ2) is 7.88. The molecule has 7 heteroatoms. The topological polar surface area (TPSA) is 98.0 Å². The molecule has 0 saturated carbocycles. The number of amides is 1. The molecule has 0 aliphatic carbocycles. The molecule has 0 aliphatic heterocycles. The second-order valence-electron chi connectivity index (χ2n) is 3.94. The van der Waals surface area contributed by atoms with Gasteiger partial charge in [-0.3, -0.25) is 9.79 Å². The average Bonchev–Trinajstić information content (AvgIpc) is 2.43. The summed E-state index contributed by atoms with van der Waals surface area (Å²) < 4.78 is 10.4. The summed E-state index contributed by atoms with van der Waals surface area (Å²) in [7, 11) is 3.15. The molecule has 0 aliphatic rings. The van der Waals surface area contributed by atoms with Crippen molar-refractivity contribution in [1.29, 1.82) is 0 Å². The summed E-state index contributed by atoms with van der Waals surface area (Å²) in [5, 5.41) is 5.57. The fourth-order valence-electron chi connectivity index (χ4n) is 1.50. The number of carbonyl (C=O) groups excluding carboxylic acids is 1. The van der Waals surface area contributed by atoms with Gasteiger partial charge in [0.05, 0.1) is 26.5 Å². The molecule has 0 heterocycles. The van der Waals surface area contributed by atoms with Gasteiger partial charge in [0.2, 0.25) is 5.91 Å². The van der Waals surface area contributed by atoms with Crippen LogP contribution in [0, 0.1) is 0 Å². The Kier molecular flexibility index (Phi) is 6.15. The van der Waals surface area contributed by atoms with Crippen LogP contribution in [-0.2, 0) is 4.79 Å². The Balaban J connectivity index is 2.66. The fraction of sp³-hybridized carbons (Fsp3) is 0.385. The molecule has 0 spiro atoms. The van der Waals surface area contributed by atoms with E-state index in [1.54, 1.807) is 32.4 Å². The molecule has 0 atom stereocenters. The van der Waals surface area contributed by atoms with Gasteiger partial charge in [0.25, 0.3) is 0 Å². The van der Waals surface area contributed by atoms with E-state index >= 15 is 0 Å². The molecule has 0 bridgehead atoms. The van der Waals surface area contributed by atoms with Gasteiger partial charge in [0.1, 0.15) is 11.5 Å². The van der Waals surface area contributed by atoms with Crippen molar-refractivity contribution in [2.45, 2.75) is 6.92 Å². The van der Waals surface area contributed by atoms with Gasteiger partial charge >= 0.3 is 0 Å². The number of guanidine groups is 1. The number of hydrogen-bond donors (Lipinski definition) is 3. The zero-order valence-corrected chi connectivity index (χ0v) is 11.9. The molecule has 7 nitrogen and oxygen atoms in total. The average molecular weight is 280 g/mol. The van der Waals surface area contributed by atoms with Crippen molar-refractivity contribution in [3.8, 4) is 11.5 Å². The molecular formula is C13H20N4O3. The van der Waals surface area contributed by atoms with Crippen molar-refractivity contribution in [3.63, 3.8) is 0 Å². The Bertz CT molecular complexity index is 489. The Labute approximate surface area is 118 Å². The van der Waals surface area contributed by atoms with E-state index in [4.69, 9.17) is 15.2 Å². The van der Waals surface area contributed by atoms with Crippen molar-refractivity contribution >= 4 is 17.6 Å². The number of anilines is 1. The third-order valence-corrected chi connectivity index (χ3v) is 2.44. The molecule has 0 unspecified atom stereocenters. The van der Waals surface area contributed by atoms with Crippen LogP contribution in [0.25, 0.3) is 0 Å². The molecule has 20 heavy (non-hydrogen) atoms. The van der Waals surface area contributed by atoms with Crippen LogP contribution in [0.2, 0.25) is 0 Å². The highest BCUT2D eigenvalue weighted by atomic mass is 16.5. The number of nitrogens with two attached hydrogens (primary N) is 1. The Hall–Kier alpha value is -2.44. The summed E-state index contributed by atoms with van der Waals surface area (Å²) in [6.07, 6.45) is 0. The van der Waals surface area contributed by atoms with E-state index in [0.29, 0.717) is 30.3 Å². The van der Waals surface area contributed by atoms with Crippen molar-refractivity contribution in [2.24, 2.45) is 10.7 Å². The summed E-state index contributed by atoms with van der Waals surface area (Å²) in [6, 6.07) is 5.31. The normalized spacial score (nSPS) is 10.8. The lowest BCUT2D eigenvalue weighted by Gasteiger charge is -2.12. The number of carbonyl (C=O) groups is 1. The standard InChI is InChI=1S/C13H20N4O3/c1-9(18)15-6-7-16-13(14)17-11-8-10(19-2)4-5-12(11)20-3/h4-5,8H,6-7H2,1-3H3,(H,15,18)(H3,14,16,17). The van der Waals surface area contributed by atoms with Crippen molar-refractivity contribution in [2.75, 3.05) is 32.6 Å². The van der Waals surface area contributed by atoms with Crippen LogP contribution in [0.5, 0.6) is 11.5 Å². The lowest BCUT2D eigenvalue weighted by Crippen LogP contribution is -2.27. The Morgan fingerprint density at radius 2 is 2.10 bits per heavy atom. The molecule has 110 valence electrons. The first-order chi connectivity index (χ1) is 9.56. The molecule has 1 rings (SSSR count). The predicted octanol–water partition coefficient (Wildman–Crippen LogP) is 0.567. The van der Waals surface area contributed by atoms with Crippen LogP contribution in [0.3, 0.4) is 0 Å². The van der Waals surface area contributed by atoms with E-state index in [1.165, 1.54) is 6.92 Å². The first-order valence-electron chi connectivity index (χ1n) is 6.10. The molecular weight excluding hydrogens is 260 g/mol. The van der Waals surface area contributed by atoms with Gasteiger partial charge in [-0.05, 0) is 12.1 Å². The zero-order valence-electron chi connectivity index (χ0n) is 11.9. The minimum Gasteiger partial charge on any atom is -0.497 e. The maximum Gasteiger partial charge on any atom is 0.216 e. The van der Waals surface area contributed by atoms with Gasteiger partial charge in [-0.15, -0.1) is 0 Å². The monoisotopic (exact) mass is 280 g/mol. The number of methoxy groups -OCH3 is 2. The van der Waals surface area contributed by atoms with Gasteiger partial charge in [0, 0.05) is 19.5 Å². The largest absolute Gasteiger partial charge is 0.497 e. The Morgan fingerprint density at radius 3 is 2.70 bits per heavy atom. The zero-order chi connectivity index (χ0) is 15.0. The lowest BCUT2D eigenvalue weighted by molar-refractivity contribution is -0.118. The van der Waals surface area contributed by atoms with Crippen LogP contribution in [-0.4, -0.2) is 39.2 Å². The predicted molar refractivity (Wildman–Crippen MR) is 78.3 cm³/mol. The third kappa shape index (κ3) is 5.05. The molecule has 1 amide bonds. The van der Waals surface area contributed by atoms with Gasteiger partial charge in [-0.25, -0.2) is 0 Å². The number of nitrogens with one attached hydrogen (secondary N) is 2.